The molecule has 2 heteroatoms. The minimum absolute atomic E-state index is 0.192. The average molecular weight is 566 g/mol. The number of benzene rings is 7. The Balaban J connectivity index is 1.29. The SMILES string of the molecule is [2H]c1c([2H])c([2H])c(-c2cccc(-n3c4ccccc4c4cc5c(cc43)c3ccccc3n5-c3ccc(-c4ccccc4)cc3)c2)c([2H])c1[2H]. The Kier molecular flexibility index (Phi) is 4.51. The average Bonchev–Trinajstić information content (AvgIpc) is 3.65. The number of rotatable bonds is 4. The predicted molar refractivity (Wildman–Crippen MR) is 186 cm³/mol. The predicted octanol–water partition coefficient (Wildman–Crippen LogP) is 11.2. The van der Waals surface area contributed by atoms with Crippen LogP contribution in [-0.2, 0) is 0 Å². The van der Waals surface area contributed by atoms with Gasteiger partial charge in [0.05, 0.1) is 28.9 Å². The van der Waals surface area contributed by atoms with Gasteiger partial charge in [0.15, 0.2) is 0 Å². The summed E-state index contributed by atoms with van der Waals surface area (Å²) in [5.41, 5.74) is 9.31. The second-order valence-electron chi connectivity index (χ2n) is 11.1. The highest BCUT2D eigenvalue weighted by molar-refractivity contribution is 6.19. The Bertz CT molecular complexity index is 2730. The van der Waals surface area contributed by atoms with E-state index in [1.807, 2.05) is 30.3 Å². The number of para-hydroxylation sites is 2. The van der Waals surface area contributed by atoms with Crippen LogP contribution in [0.2, 0.25) is 0 Å². The van der Waals surface area contributed by atoms with E-state index in [1.54, 1.807) is 6.07 Å². The highest BCUT2D eigenvalue weighted by Gasteiger charge is 2.18. The number of hydrogen-bond donors (Lipinski definition) is 0. The van der Waals surface area contributed by atoms with Gasteiger partial charge in [0.2, 0.25) is 0 Å². The van der Waals surface area contributed by atoms with E-state index in [9.17, 15) is 0 Å². The second kappa shape index (κ2) is 9.86. The van der Waals surface area contributed by atoms with Crippen molar-refractivity contribution in [1.82, 2.24) is 9.13 Å². The number of nitrogens with zero attached hydrogens (tertiary/aromatic N) is 2. The van der Waals surface area contributed by atoms with Crippen LogP contribution >= 0.6 is 0 Å². The lowest BCUT2D eigenvalue weighted by Crippen LogP contribution is -1.95. The second-order valence-corrected chi connectivity index (χ2v) is 11.1. The zero-order chi connectivity index (χ0) is 33.4. The molecule has 0 aliphatic heterocycles. The molecule has 0 N–H and O–H groups in total. The van der Waals surface area contributed by atoms with Gasteiger partial charge in [0, 0.05) is 32.9 Å². The number of fused-ring (bicyclic) bond motifs is 6. The Morgan fingerprint density at radius 2 is 0.886 bits per heavy atom. The fraction of sp³-hybridized carbons (Fsp3) is 0. The molecule has 9 rings (SSSR count). The monoisotopic (exact) mass is 565 g/mol. The molecule has 0 atom stereocenters. The number of hydrogen-bond acceptors (Lipinski definition) is 0. The zero-order valence-electron chi connectivity index (χ0n) is 28.7. The van der Waals surface area contributed by atoms with Gasteiger partial charge in [0.1, 0.15) is 0 Å². The first kappa shape index (κ1) is 20.1. The third-order valence-corrected chi connectivity index (χ3v) is 8.59. The van der Waals surface area contributed by atoms with Crippen LogP contribution in [0.4, 0.5) is 0 Å². The van der Waals surface area contributed by atoms with Gasteiger partial charge in [-0.25, -0.2) is 0 Å². The highest BCUT2D eigenvalue weighted by atomic mass is 15.0. The summed E-state index contributed by atoms with van der Waals surface area (Å²) in [5.74, 6) is 0. The minimum atomic E-state index is -0.396. The summed E-state index contributed by atoms with van der Waals surface area (Å²) in [6.07, 6.45) is 0. The van der Waals surface area contributed by atoms with Crippen molar-refractivity contribution in [3.63, 3.8) is 0 Å². The van der Waals surface area contributed by atoms with Crippen LogP contribution in [0.5, 0.6) is 0 Å². The van der Waals surface area contributed by atoms with Gasteiger partial charge in [0.25, 0.3) is 0 Å². The molecule has 0 unspecified atom stereocenters. The van der Waals surface area contributed by atoms with Crippen LogP contribution in [0.1, 0.15) is 6.85 Å². The highest BCUT2D eigenvalue weighted by Crippen LogP contribution is 2.40. The van der Waals surface area contributed by atoms with Gasteiger partial charge in [-0.1, -0.05) is 121 Å². The summed E-state index contributed by atoms with van der Waals surface area (Å²) in [7, 11) is 0. The molecule has 206 valence electrons. The molecule has 0 saturated carbocycles. The van der Waals surface area contributed by atoms with Gasteiger partial charge in [-0.2, -0.15) is 0 Å². The quantitative estimate of drug-likeness (QED) is 0.201. The fourth-order valence-electron chi connectivity index (χ4n) is 6.62. The normalized spacial score (nSPS) is 13.2. The summed E-state index contributed by atoms with van der Waals surface area (Å²) < 4.78 is 46.3. The van der Waals surface area contributed by atoms with Crippen molar-refractivity contribution < 1.29 is 6.85 Å². The minimum Gasteiger partial charge on any atom is -0.309 e. The molecule has 0 saturated heterocycles. The van der Waals surface area contributed by atoms with E-state index in [1.165, 1.54) is 11.1 Å². The van der Waals surface area contributed by atoms with Crippen LogP contribution in [0, 0.1) is 0 Å². The fourth-order valence-corrected chi connectivity index (χ4v) is 6.62. The summed E-state index contributed by atoms with van der Waals surface area (Å²) in [4.78, 5) is 0. The molecule has 2 heterocycles. The van der Waals surface area contributed by atoms with E-state index in [2.05, 4.69) is 112 Å². The summed E-state index contributed by atoms with van der Waals surface area (Å²) in [6, 6.07) is 46.6. The Morgan fingerprint density at radius 1 is 0.341 bits per heavy atom. The van der Waals surface area contributed by atoms with Gasteiger partial charge in [-0.05, 0) is 70.8 Å². The standard InChI is InChI=1S/C42H28N2/c1-3-12-29(13-4-1)31-22-24-33(25-23-31)43-39-20-9-7-18-35(39)37-28-42-38(27-41(37)43)36-19-8-10-21-40(36)44(42)34-17-11-16-32(26-34)30-14-5-2-6-15-30/h1-28H/i2D,5D,6D,14D,15D. The van der Waals surface area contributed by atoms with Crippen LogP contribution in [0.25, 0.3) is 77.2 Å². The lowest BCUT2D eigenvalue weighted by molar-refractivity contribution is 1.17. The van der Waals surface area contributed by atoms with Crippen molar-refractivity contribution in [1.29, 1.82) is 0 Å². The van der Waals surface area contributed by atoms with E-state index in [-0.39, 0.29) is 29.7 Å². The molecule has 0 bridgehead atoms. The van der Waals surface area contributed by atoms with Crippen molar-refractivity contribution in [2.45, 2.75) is 0 Å². The molecule has 0 spiro atoms. The van der Waals surface area contributed by atoms with E-state index < -0.39 is 6.04 Å². The molecule has 0 aliphatic rings. The first-order valence-corrected chi connectivity index (χ1v) is 14.7. The zero-order valence-corrected chi connectivity index (χ0v) is 23.7. The van der Waals surface area contributed by atoms with Crippen molar-refractivity contribution in [3.05, 3.63) is 170 Å². The molecule has 44 heavy (non-hydrogen) atoms. The lowest BCUT2D eigenvalue weighted by atomic mass is 10.1. The maximum absolute atomic E-state index is 8.59. The Morgan fingerprint density at radius 3 is 1.55 bits per heavy atom. The van der Waals surface area contributed by atoms with E-state index in [0.717, 1.165) is 55.0 Å². The van der Waals surface area contributed by atoms with E-state index >= 15 is 0 Å². The van der Waals surface area contributed by atoms with Crippen LogP contribution in [0.3, 0.4) is 0 Å². The molecule has 0 amide bonds. The smallest absolute Gasteiger partial charge is 0.0629 e. The molecule has 0 fully saturated rings. The van der Waals surface area contributed by atoms with Gasteiger partial charge >= 0.3 is 0 Å². The molecule has 2 aromatic heterocycles. The van der Waals surface area contributed by atoms with Crippen LogP contribution in [0.15, 0.2) is 170 Å². The molecular formula is C42H28N2. The first-order chi connectivity index (χ1) is 23.9. The summed E-state index contributed by atoms with van der Waals surface area (Å²) in [6.45, 7) is 0. The van der Waals surface area contributed by atoms with E-state index in [0.29, 0.717) is 5.56 Å². The molecule has 9 aromatic rings. The summed E-state index contributed by atoms with van der Waals surface area (Å²) in [5, 5.41) is 4.47. The lowest BCUT2D eigenvalue weighted by Gasteiger charge is -2.11. The molecule has 7 aromatic carbocycles. The first-order valence-electron chi connectivity index (χ1n) is 17.2. The maximum atomic E-state index is 8.59. The Labute approximate surface area is 262 Å². The molecule has 0 radical (unpaired) electrons. The third-order valence-electron chi connectivity index (χ3n) is 8.59. The summed E-state index contributed by atoms with van der Waals surface area (Å²) >= 11 is 0. The van der Waals surface area contributed by atoms with Crippen LogP contribution < -0.4 is 0 Å². The largest absolute Gasteiger partial charge is 0.309 e. The van der Waals surface area contributed by atoms with Crippen molar-refractivity contribution in [2.75, 3.05) is 0 Å². The van der Waals surface area contributed by atoms with Gasteiger partial charge in [-0.3, -0.25) is 0 Å². The third kappa shape index (κ3) is 3.82. The number of aromatic nitrogens is 2. The molecule has 0 aliphatic carbocycles. The van der Waals surface area contributed by atoms with Gasteiger partial charge in [-0.15, -0.1) is 0 Å². The van der Waals surface area contributed by atoms with Gasteiger partial charge < -0.3 is 9.13 Å². The van der Waals surface area contributed by atoms with Crippen molar-refractivity contribution >= 4 is 43.6 Å². The Hall–Kier alpha value is -5.86. The van der Waals surface area contributed by atoms with Crippen molar-refractivity contribution in [3.8, 4) is 33.6 Å². The maximum Gasteiger partial charge on any atom is 0.0629 e. The van der Waals surface area contributed by atoms with E-state index in [4.69, 9.17) is 6.85 Å². The van der Waals surface area contributed by atoms with Crippen LogP contribution in [-0.4, -0.2) is 9.13 Å². The molecule has 2 nitrogen and oxygen atoms in total. The van der Waals surface area contributed by atoms with Crippen molar-refractivity contribution in [2.24, 2.45) is 0 Å². The molecular weight excluding hydrogens is 532 g/mol. The topological polar surface area (TPSA) is 9.86 Å².